The highest BCUT2D eigenvalue weighted by molar-refractivity contribution is 9.10. The molecule has 1 unspecified atom stereocenters. The summed E-state index contributed by atoms with van der Waals surface area (Å²) < 4.78 is 19.6. The second-order valence-corrected chi connectivity index (χ2v) is 5.39. The number of hydrogen-bond acceptors (Lipinski definition) is 2. The third-order valence-corrected chi connectivity index (χ3v) is 3.88. The van der Waals surface area contributed by atoms with E-state index in [9.17, 15) is 4.39 Å². The maximum Gasteiger partial charge on any atom is 0.139 e. The van der Waals surface area contributed by atoms with Crippen molar-refractivity contribution in [3.8, 4) is 0 Å². The summed E-state index contributed by atoms with van der Waals surface area (Å²) in [6, 6.07) is 13.3. The van der Waals surface area contributed by atoms with Gasteiger partial charge in [0.1, 0.15) is 5.82 Å². The van der Waals surface area contributed by atoms with E-state index in [1.54, 1.807) is 6.07 Å². The van der Waals surface area contributed by atoms with Crippen LogP contribution < -0.4 is 5.32 Å². The maximum atomic E-state index is 13.5. The standard InChI is InChI=1S/C15H13BrFNO/c16-13-6-5-11(7-14(13)17)18-15-9-19-8-10-3-1-2-4-12(10)15/h1-7,15,18H,8-9H2. The molecule has 2 aromatic carbocycles. The Morgan fingerprint density at radius 1 is 1.21 bits per heavy atom. The molecule has 98 valence electrons. The van der Waals surface area contributed by atoms with Crippen molar-refractivity contribution in [1.82, 2.24) is 0 Å². The van der Waals surface area contributed by atoms with Gasteiger partial charge in [-0.2, -0.15) is 0 Å². The van der Waals surface area contributed by atoms with E-state index in [2.05, 4.69) is 33.4 Å². The van der Waals surface area contributed by atoms with Gasteiger partial charge in [-0.3, -0.25) is 0 Å². The summed E-state index contributed by atoms with van der Waals surface area (Å²) in [6.45, 7) is 1.23. The lowest BCUT2D eigenvalue weighted by Gasteiger charge is -2.27. The first-order chi connectivity index (χ1) is 9.24. The molecule has 1 aliphatic rings. The molecular weight excluding hydrogens is 309 g/mol. The highest BCUT2D eigenvalue weighted by Gasteiger charge is 2.20. The van der Waals surface area contributed by atoms with Crippen molar-refractivity contribution in [2.24, 2.45) is 0 Å². The monoisotopic (exact) mass is 321 g/mol. The minimum absolute atomic E-state index is 0.0607. The summed E-state index contributed by atoms with van der Waals surface area (Å²) >= 11 is 3.15. The molecule has 0 saturated carbocycles. The fourth-order valence-corrected chi connectivity index (χ4v) is 2.54. The molecular formula is C15H13BrFNO. The highest BCUT2D eigenvalue weighted by atomic mass is 79.9. The zero-order valence-electron chi connectivity index (χ0n) is 10.2. The second-order valence-electron chi connectivity index (χ2n) is 4.54. The van der Waals surface area contributed by atoms with E-state index in [0.29, 0.717) is 17.7 Å². The van der Waals surface area contributed by atoms with Gasteiger partial charge in [0, 0.05) is 5.69 Å². The Bertz CT molecular complexity index is 602. The van der Waals surface area contributed by atoms with Crippen LogP contribution in [0.4, 0.5) is 10.1 Å². The number of nitrogens with one attached hydrogen (secondary N) is 1. The SMILES string of the molecule is Fc1cc(NC2COCc3ccccc32)ccc1Br. The van der Waals surface area contributed by atoms with Crippen LogP contribution in [0.1, 0.15) is 17.2 Å². The van der Waals surface area contributed by atoms with Crippen LogP contribution in [0, 0.1) is 5.82 Å². The zero-order valence-corrected chi connectivity index (χ0v) is 11.8. The quantitative estimate of drug-likeness (QED) is 0.891. The van der Waals surface area contributed by atoms with Crippen molar-refractivity contribution in [2.75, 3.05) is 11.9 Å². The molecule has 4 heteroatoms. The predicted molar refractivity (Wildman–Crippen MR) is 76.6 cm³/mol. The lowest BCUT2D eigenvalue weighted by Crippen LogP contribution is -2.23. The number of rotatable bonds is 2. The first-order valence-electron chi connectivity index (χ1n) is 6.11. The summed E-state index contributed by atoms with van der Waals surface area (Å²) in [4.78, 5) is 0. The summed E-state index contributed by atoms with van der Waals surface area (Å²) in [6.07, 6.45) is 0. The lowest BCUT2D eigenvalue weighted by atomic mass is 9.99. The fraction of sp³-hybridized carbons (Fsp3) is 0.200. The van der Waals surface area contributed by atoms with Gasteiger partial charge in [0.25, 0.3) is 0 Å². The molecule has 0 spiro atoms. The molecule has 19 heavy (non-hydrogen) atoms. The lowest BCUT2D eigenvalue weighted by molar-refractivity contribution is 0.0970. The molecule has 0 aliphatic carbocycles. The molecule has 3 rings (SSSR count). The number of halogens is 2. The summed E-state index contributed by atoms with van der Waals surface area (Å²) in [5.74, 6) is -0.269. The first-order valence-corrected chi connectivity index (χ1v) is 6.90. The van der Waals surface area contributed by atoms with Crippen LogP contribution in [0.3, 0.4) is 0 Å². The van der Waals surface area contributed by atoms with Crippen molar-refractivity contribution in [1.29, 1.82) is 0 Å². The van der Waals surface area contributed by atoms with Crippen LogP contribution in [0.15, 0.2) is 46.9 Å². The van der Waals surface area contributed by atoms with Crippen molar-refractivity contribution >= 4 is 21.6 Å². The molecule has 1 N–H and O–H groups in total. The van der Waals surface area contributed by atoms with E-state index in [4.69, 9.17) is 4.74 Å². The first kappa shape index (κ1) is 12.6. The molecule has 1 aliphatic heterocycles. The Balaban J connectivity index is 1.86. The van der Waals surface area contributed by atoms with Gasteiger partial charge in [0.05, 0.1) is 23.7 Å². The van der Waals surface area contributed by atoms with Crippen LogP contribution in [0.5, 0.6) is 0 Å². The van der Waals surface area contributed by atoms with Gasteiger partial charge in [-0.25, -0.2) is 4.39 Å². The Kier molecular flexibility index (Phi) is 3.53. The summed E-state index contributed by atoms with van der Waals surface area (Å²) in [7, 11) is 0. The molecule has 0 fully saturated rings. The topological polar surface area (TPSA) is 21.3 Å². The average molecular weight is 322 g/mol. The number of benzene rings is 2. The number of fused-ring (bicyclic) bond motifs is 1. The Morgan fingerprint density at radius 2 is 2.05 bits per heavy atom. The second kappa shape index (κ2) is 5.31. The van der Waals surface area contributed by atoms with Crippen molar-refractivity contribution < 1.29 is 9.13 Å². The predicted octanol–water partition coefficient (Wildman–Crippen LogP) is 4.27. The fourth-order valence-electron chi connectivity index (χ4n) is 2.29. The molecule has 0 amide bonds. The Morgan fingerprint density at radius 3 is 2.89 bits per heavy atom. The number of hydrogen-bond donors (Lipinski definition) is 1. The molecule has 2 aromatic rings. The van der Waals surface area contributed by atoms with E-state index in [1.165, 1.54) is 17.2 Å². The molecule has 1 heterocycles. The minimum Gasteiger partial charge on any atom is -0.376 e. The molecule has 1 atom stereocenters. The minimum atomic E-state index is -0.269. The zero-order chi connectivity index (χ0) is 13.2. The van der Waals surface area contributed by atoms with Gasteiger partial charge in [-0.1, -0.05) is 24.3 Å². The third kappa shape index (κ3) is 2.65. The molecule has 0 saturated heterocycles. The summed E-state index contributed by atoms with van der Waals surface area (Å²) in [5.41, 5.74) is 3.16. The molecule has 0 radical (unpaired) electrons. The van der Waals surface area contributed by atoms with Gasteiger partial charge in [0.2, 0.25) is 0 Å². The van der Waals surface area contributed by atoms with Crippen molar-refractivity contribution in [3.05, 3.63) is 63.9 Å². The van der Waals surface area contributed by atoms with Gasteiger partial charge in [-0.15, -0.1) is 0 Å². The van der Waals surface area contributed by atoms with Gasteiger partial charge >= 0.3 is 0 Å². The van der Waals surface area contributed by atoms with E-state index < -0.39 is 0 Å². The van der Waals surface area contributed by atoms with Gasteiger partial charge < -0.3 is 10.1 Å². The van der Waals surface area contributed by atoms with Crippen molar-refractivity contribution in [2.45, 2.75) is 12.6 Å². The largest absolute Gasteiger partial charge is 0.376 e. The molecule has 2 nitrogen and oxygen atoms in total. The molecule has 0 aromatic heterocycles. The van der Waals surface area contributed by atoms with E-state index >= 15 is 0 Å². The smallest absolute Gasteiger partial charge is 0.139 e. The van der Waals surface area contributed by atoms with Crippen molar-refractivity contribution in [3.63, 3.8) is 0 Å². The van der Waals surface area contributed by atoms with Crippen LogP contribution in [0.2, 0.25) is 0 Å². The van der Waals surface area contributed by atoms with Crippen LogP contribution in [-0.4, -0.2) is 6.61 Å². The maximum absolute atomic E-state index is 13.5. The van der Waals surface area contributed by atoms with Crippen LogP contribution in [0.25, 0.3) is 0 Å². The summed E-state index contributed by atoms with van der Waals surface area (Å²) in [5, 5.41) is 3.32. The Labute approximate surface area is 119 Å². The van der Waals surface area contributed by atoms with E-state index in [-0.39, 0.29) is 11.9 Å². The van der Waals surface area contributed by atoms with Crippen LogP contribution in [-0.2, 0) is 11.3 Å². The van der Waals surface area contributed by atoms with Gasteiger partial charge in [0.15, 0.2) is 0 Å². The normalized spacial score (nSPS) is 17.9. The van der Waals surface area contributed by atoms with Gasteiger partial charge in [-0.05, 0) is 45.3 Å². The number of anilines is 1. The Hall–Kier alpha value is -1.39. The van der Waals surface area contributed by atoms with E-state index in [0.717, 1.165) is 5.69 Å². The highest BCUT2D eigenvalue weighted by Crippen LogP contribution is 2.29. The van der Waals surface area contributed by atoms with E-state index in [1.807, 2.05) is 18.2 Å². The van der Waals surface area contributed by atoms with Crippen LogP contribution >= 0.6 is 15.9 Å². The average Bonchev–Trinajstić information content (AvgIpc) is 2.43. The molecule has 0 bridgehead atoms. The third-order valence-electron chi connectivity index (χ3n) is 3.23. The number of ether oxygens (including phenoxy) is 1.